The average molecular weight is 368 g/mol. The number of aromatic amines is 1. The standard InChI is InChI=1S/C19H20N4O4/c24-15-8-7-12(10-23(15)9-11-3-1-4-11)17-21-18(27-22-17)13-5-2-6-14-16(13)20-19(25)26-14/h2,5-6,11-12H,1,3-4,7-10H2,(H,20,25). The summed E-state index contributed by atoms with van der Waals surface area (Å²) in [4.78, 5) is 32.9. The molecular weight excluding hydrogens is 348 g/mol. The second-order valence-corrected chi connectivity index (χ2v) is 7.48. The van der Waals surface area contributed by atoms with Crippen LogP contribution in [0.1, 0.15) is 43.8 Å². The van der Waals surface area contributed by atoms with Crippen LogP contribution < -0.4 is 5.76 Å². The largest absolute Gasteiger partial charge is 0.417 e. The van der Waals surface area contributed by atoms with Gasteiger partial charge in [-0.25, -0.2) is 4.79 Å². The monoisotopic (exact) mass is 368 g/mol. The van der Waals surface area contributed by atoms with Gasteiger partial charge in [-0.3, -0.25) is 9.78 Å². The Balaban J connectivity index is 1.39. The number of piperidine rings is 1. The lowest BCUT2D eigenvalue weighted by molar-refractivity contribution is -0.135. The predicted octanol–water partition coefficient (Wildman–Crippen LogP) is 2.68. The molecule has 0 radical (unpaired) electrons. The lowest BCUT2D eigenvalue weighted by Gasteiger charge is -2.36. The number of amides is 1. The molecule has 0 spiro atoms. The van der Waals surface area contributed by atoms with Crippen LogP contribution in [-0.4, -0.2) is 39.0 Å². The van der Waals surface area contributed by atoms with Gasteiger partial charge in [0.1, 0.15) is 0 Å². The Bertz CT molecular complexity index is 1050. The minimum absolute atomic E-state index is 0.0721. The summed E-state index contributed by atoms with van der Waals surface area (Å²) >= 11 is 0. The highest BCUT2D eigenvalue weighted by molar-refractivity contribution is 5.87. The summed E-state index contributed by atoms with van der Waals surface area (Å²) < 4.78 is 10.6. The number of rotatable bonds is 4. The van der Waals surface area contributed by atoms with Gasteiger partial charge < -0.3 is 13.8 Å². The molecule has 2 fully saturated rings. The van der Waals surface area contributed by atoms with Crippen molar-refractivity contribution in [2.75, 3.05) is 13.1 Å². The van der Waals surface area contributed by atoms with Gasteiger partial charge in [-0.15, -0.1) is 0 Å². The molecule has 1 saturated carbocycles. The lowest BCUT2D eigenvalue weighted by Crippen LogP contribution is -2.43. The number of benzene rings is 1. The number of H-pyrrole nitrogens is 1. The summed E-state index contributed by atoms with van der Waals surface area (Å²) in [6.07, 6.45) is 4.95. The molecule has 1 amide bonds. The highest BCUT2D eigenvalue weighted by Gasteiger charge is 2.32. The molecule has 3 heterocycles. The minimum Gasteiger partial charge on any atom is -0.408 e. The van der Waals surface area contributed by atoms with E-state index >= 15 is 0 Å². The van der Waals surface area contributed by atoms with Crippen LogP contribution in [0.5, 0.6) is 0 Å². The molecule has 8 heteroatoms. The summed E-state index contributed by atoms with van der Waals surface area (Å²) in [5.74, 6) is 1.37. The number of hydrogen-bond donors (Lipinski definition) is 1. The first-order valence-electron chi connectivity index (χ1n) is 9.41. The lowest BCUT2D eigenvalue weighted by atomic mass is 9.84. The van der Waals surface area contributed by atoms with E-state index < -0.39 is 5.76 Å². The molecule has 1 unspecified atom stereocenters. The molecule has 1 aromatic carbocycles. The van der Waals surface area contributed by atoms with Gasteiger partial charge in [-0.05, 0) is 37.3 Å². The van der Waals surface area contributed by atoms with Crippen molar-refractivity contribution in [2.45, 2.75) is 38.0 Å². The molecule has 1 aliphatic heterocycles. The van der Waals surface area contributed by atoms with E-state index in [2.05, 4.69) is 15.1 Å². The number of carbonyl (C=O) groups excluding carboxylic acids is 1. The van der Waals surface area contributed by atoms with Gasteiger partial charge in [0.2, 0.25) is 5.91 Å². The Kier molecular flexibility index (Phi) is 3.84. The molecule has 2 aliphatic rings. The SMILES string of the molecule is O=C1CCC(c2noc(-c3cccc4oc(=O)[nH]c34)n2)CN1CC1CCC1. The van der Waals surface area contributed by atoms with Crippen molar-refractivity contribution in [3.05, 3.63) is 34.6 Å². The fourth-order valence-electron chi connectivity index (χ4n) is 3.95. The molecule has 140 valence electrons. The van der Waals surface area contributed by atoms with Crippen molar-refractivity contribution in [1.29, 1.82) is 0 Å². The van der Waals surface area contributed by atoms with E-state index in [0.717, 1.165) is 13.0 Å². The maximum Gasteiger partial charge on any atom is 0.417 e. The van der Waals surface area contributed by atoms with Gasteiger partial charge in [0.15, 0.2) is 11.4 Å². The van der Waals surface area contributed by atoms with E-state index in [9.17, 15) is 9.59 Å². The van der Waals surface area contributed by atoms with Gasteiger partial charge in [0.05, 0.1) is 11.1 Å². The molecule has 1 N–H and O–H groups in total. The first-order chi connectivity index (χ1) is 13.2. The number of hydrogen-bond acceptors (Lipinski definition) is 6. The van der Waals surface area contributed by atoms with Crippen molar-refractivity contribution in [3.8, 4) is 11.5 Å². The highest BCUT2D eigenvalue weighted by Crippen LogP contribution is 2.32. The van der Waals surface area contributed by atoms with Crippen LogP contribution in [0, 0.1) is 5.92 Å². The molecule has 1 atom stereocenters. The summed E-state index contributed by atoms with van der Waals surface area (Å²) in [7, 11) is 0. The zero-order valence-electron chi connectivity index (χ0n) is 14.8. The molecule has 0 bridgehead atoms. The summed E-state index contributed by atoms with van der Waals surface area (Å²) in [5.41, 5.74) is 1.63. The van der Waals surface area contributed by atoms with Gasteiger partial charge >= 0.3 is 5.76 Å². The Morgan fingerprint density at radius 2 is 2.11 bits per heavy atom. The van der Waals surface area contributed by atoms with E-state index in [0.29, 0.717) is 47.3 Å². The highest BCUT2D eigenvalue weighted by atomic mass is 16.5. The van der Waals surface area contributed by atoms with Crippen LogP contribution in [0.2, 0.25) is 0 Å². The molecule has 3 aromatic rings. The van der Waals surface area contributed by atoms with E-state index in [1.54, 1.807) is 18.2 Å². The number of nitrogens with one attached hydrogen (secondary N) is 1. The third-order valence-corrected chi connectivity index (χ3v) is 5.70. The maximum atomic E-state index is 12.2. The first kappa shape index (κ1) is 16.3. The third kappa shape index (κ3) is 2.94. The van der Waals surface area contributed by atoms with Gasteiger partial charge in [0, 0.05) is 25.4 Å². The summed E-state index contributed by atoms with van der Waals surface area (Å²) in [6.45, 7) is 1.48. The Morgan fingerprint density at radius 1 is 1.22 bits per heavy atom. The number of para-hydroxylation sites is 1. The van der Waals surface area contributed by atoms with Crippen LogP contribution in [0.25, 0.3) is 22.6 Å². The fraction of sp³-hybridized carbons (Fsp3) is 0.474. The van der Waals surface area contributed by atoms with E-state index in [1.165, 1.54) is 19.3 Å². The zero-order chi connectivity index (χ0) is 18.4. The number of fused-ring (bicyclic) bond motifs is 1. The van der Waals surface area contributed by atoms with Gasteiger partial charge in [0.25, 0.3) is 5.89 Å². The number of carbonyl (C=O) groups is 1. The van der Waals surface area contributed by atoms with Crippen LogP contribution in [0.15, 0.2) is 31.9 Å². The van der Waals surface area contributed by atoms with E-state index in [4.69, 9.17) is 8.94 Å². The van der Waals surface area contributed by atoms with Crippen molar-refractivity contribution in [2.24, 2.45) is 5.92 Å². The second-order valence-electron chi connectivity index (χ2n) is 7.48. The Labute approximate surface area is 154 Å². The molecule has 27 heavy (non-hydrogen) atoms. The van der Waals surface area contributed by atoms with Gasteiger partial charge in [-0.2, -0.15) is 4.98 Å². The van der Waals surface area contributed by atoms with E-state index in [-0.39, 0.29) is 11.8 Å². The fourth-order valence-corrected chi connectivity index (χ4v) is 3.95. The first-order valence-corrected chi connectivity index (χ1v) is 9.41. The topological polar surface area (TPSA) is 105 Å². The van der Waals surface area contributed by atoms with E-state index in [1.807, 2.05) is 4.90 Å². The Morgan fingerprint density at radius 3 is 2.93 bits per heavy atom. The van der Waals surface area contributed by atoms with Crippen LogP contribution in [-0.2, 0) is 4.79 Å². The van der Waals surface area contributed by atoms with Crippen LogP contribution in [0.4, 0.5) is 0 Å². The smallest absolute Gasteiger partial charge is 0.408 e. The van der Waals surface area contributed by atoms with Gasteiger partial charge in [-0.1, -0.05) is 17.6 Å². The number of oxazole rings is 1. The molecular formula is C19H20N4O4. The molecule has 1 aliphatic carbocycles. The number of likely N-dealkylation sites (tertiary alicyclic amines) is 1. The van der Waals surface area contributed by atoms with Crippen molar-refractivity contribution in [3.63, 3.8) is 0 Å². The Hall–Kier alpha value is -2.90. The third-order valence-electron chi connectivity index (χ3n) is 5.70. The molecule has 2 aromatic heterocycles. The average Bonchev–Trinajstić information content (AvgIpc) is 3.25. The predicted molar refractivity (Wildman–Crippen MR) is 96.0 cm³/mol. The zero-order valence-corrected chi connectivity index (χ0v) is 14.8. The second kappa shape index (κ2) is 6.37. The molecule has 8 nitrogen and oxygen atoms in total. The minimum atomic E-state index is -0.519. The van der Waals surface area contributed by atoms with Crippen molar-refractivity contribution < 1.29 is 13.7 Å². The van der Waals surface area contributed by atoms with Crippen molar-refractivity contribution in [1.82, 2.24) is 20.0 Å². The number of aromatic nitrogens is 3. The maximum absolute atomic E-state index is 12.2. The quantitative estimate of drug-likeness (QED) is 0.759. The molecule has 1 saturated heterocycles. The van der Waals surface area contributed by atoms with Crippen LogP contribution >= 0.6 is 0 Å². The van der Waals surface area contributed by atoms with Crippen LogP contribution in [0.3, 0.4) is 0 Å². The summed E-state index contributed by atoms with van der Waals surface area (Å²) in [5, 5.41) is 4.16. The normalized spacial score (nSPS) is 21.0. The van der Waals surface area contributed by atoms with Crippen molar-refractivity contribution >= 4 is 17.0 Å². The number of nitrogens with zero attached hydrogens (tertiary/aromatic N) is 3. The molecule has 5 rings (SSSR count). The summed E-state index contributed by atoms with van der Waals surface area (Å²) in [6, 6.07) is 5.29.